The van der Waals surface area contributed by atoms with Crippen molar-refractivity contribution >= 4 is 29.5 Å². The van der Waals surface area contributed by atoms with E-state index in [0.29, 0.717) is 18.5 Å². The molecule has 3 rings (SSSR count). The molecule has 3 amide bonds. The lowest BCUT2D eigenvalue weighted by molar-refractivity contribution is -0.137. The van der Waals surface area contributed by atoms with Crippen molar-refractivity contribution in [3.63, 3.8) is 0 Å². The van der Waals surface area contributed by atoms with Crippen LogP contribution in [0.15, 0.2) is 47.0 Å². The Morgan fingerprint density at radius 1 is 1.23 bits per heavy atom. The fourth-order valence-electron chi connectivity index (χ4n) is 4.80. The number of amides is 3. The topological polar surface area (TPSA) is 157 Å². The van der Waals surface area contributed by atoms with E-state index in [1.54, 1.807) is 20.8 Å². The molecule has 0 spiro atoms. The maximum Gasteiger partial charge on any atom is 0.330 e. The predicted octanol–water partition coefficient (Wildman–Crippen LogP) is 2.82. The van der Waals surface area contributed by atoms with E-state index in [0.717, 1.165) is 6.07 Å². The van der Waals surface area contributed by atoms with Crippen molar-refractivity contribution in [3.8, 4) is 0 Å². The number of aryl methyl sites for hydroxylation is 1. The largest absolute Gasteiger partial charge is 0.463 e. The van der Waals surface area contributed by atoms with E-state index in [4.69, 9.17) is 13.4 Å². The van der Waals surface area contributed by atoms with Gasteiger partial charge in [0, 0.05) is 47.1 Å². The number of aromatic nitrogens is 1. The van der Waals surface area contributed by atoms with Crippen LogP contribution in [0.1, 0.15) is 66.0 Å². The lowest BCUT2D eigenvalue weighted by Crippen LogP contribution is -2.47. The molecule has 1 aromatic carbocycles. The molecular weight excluding hydrogens is 559 g/mol. The molecule has 1 aliphatic rings. The number of rotatable bonds is 15. The first kappa shape index (κ1) is 28.8. The Bertz CT molecular complexity index is 1430. The van der Waals surface area contributed by atoms with Gasteiger partial charge in [0.25, 0.3) is 5.91 Å². The van der Waals surface area contributed by atoms with Crippen LogP contribution in [0, 0.1) is 30.4 Å². The van der Waals surface area contributed by atoms with Gasteiger partial charge in [-0.1, -0.05) is 37.2 Å². The molecule has 0 aliphatic carbocycles. The fourth-order valence-corrected chi connectivity index (χ4v) is 4.80. The number of hydrogen-bond donors (Lipinski definition) is 3. The average Bonchev–Trinajstić information content (AvgIpc) is 3.65. The van der Waals surface area contributed by atoms with Gasteiger partial charge >= 0.3 is 5.97 Å². The highest BCUT2D eigenvalue weighted by molar-refractivity contribution is 5.97. The third-order valence-electron chi connectivity index (χ3n) is 7.04. The fraction of sp³-hybridized carbons (Fsp3) is 0.484. The van der Waals surface area contributed by atoms with E-state index in [-0.39, 0.29) is 37.5 Å². The lowest BCUT2D eigenvalue weighted by Gasteiger charge is -2.25. The highest BCUT2D eigenvalue weighted by Crippen LogP contribution is 2.21. The van der Waals surface area contributed by atoms with Gasteiger partial charge in [-0.15, -0.1) is 0 Å². The van der Waals surface area contributed by atoms with Gasteiger partial charge in [0.2, 0.25) is 11.8 Å². The van der Waals surface area contributed by atoms with Gasteiger partial charge in [0.15, 0.2) is 11.5 Å². The van der Waals surface area contributed by atoms with Crippen molar-refractivity contribution < 1.29 is 41.7 Å². The van der Waals surface area contributed by atoms with Crippen LogP contribution in [0.3, 0.4) is 0 Å². The van der Waals surface area contributed by atoms with Crippen molar-refractivity contribution in [3.05, 3.63) is 65.3 Å². The van der Waals surface area contributed by atoms with E-state index < -0.39 is 71.8 Å². The van der Waals surface area contributed by atoms with Crippen LogP contribution >= 0.6 is 0 Å². The number of carbonyl (C=O) groups is 5. The molecule has 3 N–H and O–H groups in total. The summed E-state index contributed by atoms with van der Waals surface area (Å²) < 4.78 is 45.6. The third-order valence-corrected chi connectivity index (χ3v) is 7.04. The van der Waals surface area contributed by atoms with Gasteiger partial charge in [-0.25, -0.2) is 9.18 Å². The minimum atomic E-state index is -2.62. The zero-order valence-electron chi connectivity index (χ0n) is 27.4. The van der Waals surface area contributed by atoms with Crippen molar-refractivity contribution in [1.29, 1.82) is 0 Å². The number of carbonyl (C=O) groups excluding carboxylic acids is 5. The van der Waals surface area contributed by atoms with Crippen molar-refractivity contribution in [1.82, 2.24) is 21.1 Å². The monoisotopic (exact) mass is 601 g/mol. The van der Waals surface area contributed by atoms with Gasteiger partial charge in [0.1, 0.15) is 11.6 Å². The highest BCUT2D eigenvalue weighted by Gasteiger charge is 2.32. The van der Waals surface area contributed by atoms with Crippen LogP contribution in [0.2, 0.25) is 0 Å². The normalized spacial score (nSPS) is 18.2. The SMILES string of the molecule is [2H]C([2H])([2H])c1cc(C(=O)N[C@@H](C(=O)C[C@@H](Cc2ccc(F)cc2)C(=O)N[C@H](/C=C/C(=O)OCC)C[C@H]2CCNC2=O)C(C)C)no1. The first-order valence-electron chi connectivity index (χ1n) is 15.7. The number of benzene rings is 1. The van der Waals surface area contributed by atoms with E-state index in [1.165, 1.54) is 36.4 Å². The Morgan fingerprint density at radius 2 is 1.98 bits per heavy atom. The zero-order chi connectivity index (χ0) is 34.0. The number of Topliss-reactive ketones (excluding diaryl/α,β-unsaturated/α-hetero) is 1. The Kier molecular flexibility index (Phi) is 10.5. The molecular formula is C31H39FN4O7. The Hall–Kier alpha value is -4.35. The zero-order valence-corrected chi connectivity index (χ0v) is 24.4. The predicted molar refractivity (Wildman–Crippen MR) is 154 cm³/mol. The van der Waals surface area contributed by atoms with Gasteiger partial charge in [0.05, 0.1) is 12.6 Å². The summed E-state index contributed by atoms with van der Waals surface area (Å²) in [7, 11) is 0. The average molecular weight is 602 g/mol. The number of nitrogens with zero attached hydrogens (tertiary/aromatic N) is 1. The molecule has 2 heterocycles. The number of hydrogen-bond acceptors (Lipinski definition) is 8. The third kappa shape index (κ3) is 10.2. The number of ketones is 1. The van der Waals surface area contributed by atoms with Crippen LogP contribution in [0.4, 0.5) is 4.39 Å². The first-order chi connectivity index (χ1) is 21.7. The molecule has 12 heteroatoms. The summed E-state index contributed by atoms with van der Waals surface area (Å²) in [6, 6.07) is 4.61. The molecule has 0 radical (unpaired) electrons. The van der Waals surface area contributed by atoms with Crippen molar-refractivity contribution in [2.75, 3.05) is 13.2 Å². The summed E-state index contributed by atoms with van der Waals surface area (Å²) >= 11 is 0. The molecule has 232 valence electrons. The molecule has 0 bridgehead atoms. The summed E-state index contributed by atoms with van der Waals surface area (Å²) in [5.41, 5.74) is 0.255. The standard InChI is InChI=1S/C31H39FN4O7/c1-5-42-27(38)11-10-24(16-21-12-13-33-29(21)39)34-30(40)22(15-20-6-8-23(32)9-7-20)17-26(37)28(18(2)3)35-31(41)25-14-19(4)43-36-25/h6-11,14,18,21-22,24,28H,5,12-13,15-17H2,1-4H3,(H,33,39)(H,34,40)(H,35,41)/b11-10+/t21-,22-,24-,28-/m1/s1/i4D3. The molecule has 2 aromatic rings. The molecule has 0 saturated carbocycles. The number of ether oxygens (including phenoxy) is 1. The second-order valence-corrected chi connectivity index (χ2v) is 10.7. The maximum atomic E-state index is 13.8. The Balaban J connectivity index is 1.83. The van der Waals surface area contributed by atoms with Crippen LogP contribution in [0.5, 0.6) is 0 Å². The summed E-state index contributed by atoms with van der Waals surface area (Å²) in [6.07, 6.45) is 3.08. The van der Waals surface area contributed by atoms with Crippen LogP contribution in [0.25, 0.3) is 0 Å². The van der Waals surface area contributed by atoms with Crippen LogP contribution in [-0.4, -0.2) is 59.9 Å². The summed E-state index contributed by atoms with van der Waals surface area (Å²) in [5.74, 6) is -5.44. The first-order valence-corrected chi connectivity index (χ1v) is 14.2. The van der Waals surface area contributed by atoms with Crippen LogP contribution in [-0.2, 0) is 30.3 Å². The van der Waals surface area contributed by atoms with Gasteiger partial charge < -0.3 is 25.2 Å². The van der Waals surface area contributed by atoms with Crippen molar-refractivity contribution in [2.45, 2.75) is 65.4 Å². The number of esters is 1. The quantitative estimate of drug-likeness (QED) is 0.208. The smallest absolute Gasteiger partial charge is 0.330 e. The van der Waals surface area contributed by atoms with Crippen LogP contribution < -0.4 is 16.0 Å². The molecule has 4 atom stereocenters. The summed E-state index contributed by atoms with van der Waals surface area (Å²) in [6.45, 7) is 3.05. The van der Waals surface area contributed by atoms with Gasteiger partial charge in [-0.2, -0.15) is 0 Å². The highest BCUT2D eigenvalue weighted by atomic mass is 19.1. The molecule has 43 heavy (non-hydrogen) atoms. The molecule has 1 saturated heterocycles. The molecule has 1 aliphatic heterocycles. The van der Waals surface area contributed by atoms with E-state index >= 15 is 0 Å². The molecule has 1 aromatic heterocycles. The minimum absolute atomic E-state index is 0.0417. The minimum Gasteiger partial charge on any atom is -0.463 e. The van der Waals surface area contributed by atoms with E-state index in [2.05, 4.69) is 21.1 Å². The Morgan fingerprint density at radius 3 is 2.58 bits per heavy atom. The Labute approximate surface area is 254 Å². The van der Waals surface area contributed by atoms with E-state index in [1.807, 2.05) is 0 Å². The molecule has 11 nitrogen and oxygen atoms in total. The second kappa shape index (κ2) is 15.8. The van der Waals surface area contributed by atoms with Gasteiger partial charge in [-0.3, -0.25) is 19.2 Å². The number of nitrogens with one attached hydrogen (secondary N) is 3. The molecule has 1 fully saturated rings. The second-order valence-electron chi connectivity index (χ2n) is 10.7. The molecule has 0 unspecified atom stereocenters. The summed E-state index contributed by atoms with van der Waals surface area (Å²) in [4.78, 5) is 64.6. The number of halogens is 1. The van der Waals surface area contributed by atoms with Crippen molar-refractivity contribution in [2.24, 2.45) is 17.8 Å². The van der Waals surface area contributed by atoms with Gasteiger partial charge in [-0.05, 0) is 56.7 Å². The lowest BCUT2D eigenvalue weighted by atomic mass is 9.87. The summed E-state index contributed by atoms with van der Waals surface area (Å²) in [5, 5.41) is 11.7. The maximum absolute atomic E-state index is 13.8. The van der Waals surface area contributed by atoms with E-state index in [9.17, 15) is 28.4 Å².